The number of ether oxygens (including phenoxy) is 1. The first-order valence-electron chi connectivity index (χ1n) is 7.66. The van der Waals surface area contributed by atoms with Crippen molar-refractivity contribution in [1.82, 2.24) is 9.97 Å². The van der Waals surface area contributed by atoms with Crippen LogP contribution < -0.4 is 15.4 Å². The number of anilines is 3. The van der Waals surface area contributed by atoms with E-state index >= 15 is 0 Å². The van der Waals surface area contributed by atoms with Crippen molar-refractivity contribution in [2.75, 3.05) is 17.7 Å². The van der Waals surface area contributed by atoms with Crippen LogP contribution in [0.2, 0.25) is 0 Å². The molecule has 138 valence electrons. The summed E-state index contributed by atoms with van der Waals surface area (Å²) in [4.78, 5) is 20.0. The number of benzene rings is 2. The molecule has 9 heteroatoms. The number of carbonyl (C=O) groups excluding carboxylic acids is 1. The van der Waals surface area contributed by atoms with Crippen LogP contribution in [-0.4, -0.2) is 23.0 Å². The lowest BCUT2D eigenvalue weighted by Crippen LogP contribution is -2.16. The third-order valence-electron chi connectivity index (χ3n) is 3.53. The molecule has 3 rings (SSSR count). The second-order valence-corrected chi connectivity index (χ2v) is 5.32. The highest BCUT2D eigenvalue weighted by Gasteiger charge is 2.16. The maximum absolute atomic E-state index is 13.6. The van der Waals surface area contributed by atoms with E-state index in [9.17, 15) is 18.0 Å². The van der Waals surface area contributed by atoms with Gasteiger partial charge in [0.25, 0.3) is 5.91 Å². The molecule has 1 heterocycles. The lowest BCUT2D eigenvalue weighted by molar-refractivity contribution is 0.102. The summed E-state index contributed by atoms with van der Waals surface area (Å²) in [6.07, 6.45) is 2.47. The summed E-state index contributed by atoms with van der Waals surface area (Å²) >= 11 is 0. The van der Waals surface area contributed by atoms with E-state index in [-0.39, 0.29) is 5.69 Å². The lowest BCUT2D eigenvalue weighted by atomic mass is 10.2. The Balaban J connectivity index is 1.69. The van der Waals surface area contributed by atoms with Crippen LogP contribution in [0.5, 0.6) is 5.75 Å². The van der Waals surface area contributed by atoms with Crippen molar-refractivity contribution in [2.45, 2.75) is 0 Å². The zero-order chi connectivity index (χ0) is 19.4. The number of carbonyl (C=O) groups is 1. The topological polar surface area (TPSA) is 76.1 Å². The maximum atomic E-state index is 13.6. The molecule has 3 aromatic rings. The molecule has 0 fully saturated rings. The minimum Gasteiger partial charge on any atom is -0.497 e. The zero-order valence-corrected chi connectivity index (χ0v) is 14.0. The van der Waals surface area contributed by atoms with Crippen molar-refractivity contribution < 1.29 is 22.7 Å². The van der Waals surface area contributed by atoms with E-state index in [1.807, 2.05) is 0 Å². The van der Waals surface area contributed by atoms with Gasteiger partial charge in [0, 0.05) is 5.69 Å². The highest BCUT2D eigenvalue weighted by Crippen LogP contribution is 2.21. The molecule has 0 bridgehead atoms. The van der Waals surface area contributed by atoms with E-state index in [1.165, 1.54) is 12.4 Å². The predicted octanol–water partition coefficient (Wildman–Crippen LogP) is 3.90. The quantitative estimate of drug-likeness (QED) is 0.663. The number of aromatic nitrogens is 2. The fraction of sp³-hybridized carbons (Fsp3) is 0.0556. The zero-order valence-electron chi connectivity index (χ0n) is 14.0. The first kappa shape index (κ1) is 18.2. The Morgan fingerprint density at radius 2 is 1.70 bits per heavy atom. The van der Waals surface area contributed by atoms with Gasteiger partial charge in [-0.2, -0.15) is 0 Å². The average molecular weight is 374 g/mol. The van der Waals surface area contributed by atoms with Gasteiger partial charge in [0.05, 0.1) is 25.2 Å². The van der Waals surface area contributed by atoms with Crippen molar-refractivity contribution in [2.24, 2.45) is 0 Å². The van der Waals surface area contributed by atoms with E-state index in [0.29, 0.717) is 17.6 Å². The minimum absolute atomic E-state index is 0.126. The fourth-order valence-corrected chi connectivity index (χ4v) is 2.14. The van der Waals surface area contributed by atoms with Crippen LogP contribution in [-0.2, 0) is 0 Å². The van der Waals surface area contributed by atoms with E-state index in [4.69, 9.17) is 4.74 Å². The number of methoxy groups -OCH3 is 1. The molecule has 0 aliphatic heterocycles. The summed E-state index contributed by atoms with van der Waals surface area (Å²) in [5.41, 5.74) is 0.103. The van der Waals surface area contributed by atoms with Crippen LogP contribution in [0.4, 0.5) is 30.4 Å². The molecule has 0 atom stereocenters. The summed E-state index contributed by atoms with van der Waals surface area (Å²) in [6, 6.07) is 8.68. The lowest BCUT2D eigenvalue weighted by Gasteiger charge is -2.08. The predicted molar refractivity (Wildman–Crippen MR) is 92.6 cm³/mol. The molecule has 0 aliphatic rings. The summed E-state index contributed by atoms with van der Waals surface area (Å²) in [7, 11) is 1.56. The molecule has 6 nitrogen and oxygen atoms in total. The molecular formula is C18H13F3N4O2. The normalized spacial score (nSPS) is 10.4. The molecule has 1 aromatic heterocycles. The Labute approximate surface area is 152 Å². The number of hydrogen-bond donors (Lipinski definition) is 2. The number of nitrogens with zero attached hydrogens (tertiary/aromatic N) is 2. The summed E-state index contributed by atoms with van der Waals surface area (Å²) in [5.74, 6) is -4.26. The molecule has 0 aliphatic carbocycles. The SMILES string of the molecule is COc1ccc(Nc2cnc(C(=O)Nc3ccc(F)c(F)c3F)cn2)cc1. The van der Waals surface area contributed by atoms with Crippen molar-refractivity contribution in [3.63, 3.8) is 0 Å². The Morgan fingerprint density at radius 1 is 0.963 bits per heavy atom. The van der Waals surface area contributed by atoms with E-state index in [1.54, 1.807) is 31.4 Å². The van der Waals surface area contributed by atoms with Gasteiger partial charge in [-0.15, -0.1) is 0 Å². The van der Waals surface area contributed by atoms with Gasteiger partial charge in [-0.05, 0) is 36.4 Å². The Hall–Kier alpha value is -3.62. The van der Waals surface area contributed by atoms with Crippen molar-refractivity contribution in [3.05, 3.63) is 71.9 Å². The third kappa shape index (κ3) is 4.14. The first-order chi connectivity index (χ1) is 13.0. The largest absolute Gasteiger partial charge is 0.497 e. The molecule has 27 heavy (non-hydrogen) atoms. The number of nitrogens with one attached hydrogen (secondary N) is 2. The second kappa shape index (κ2) is 7.73. The average Bonchev–Trinajstić information content (AvgIpc) is 2.69. The van der Waals surface area contributed by atoms with Gasteiger partial charge in [-0.25, -0.2) is 23.1 Å². The number of hydrogen-bond acceptors (Lipinski definition) is 5. The first-order valence-corrected chi connectivity index (χ1v) is 7.66. The van der Waals surface area contributed by atoms with Gasteiger partial charge < -0.3 is 15.4 Å². The molecule has 0 radical (unpaired) electrons. The summed E-state index contributed by atoms with van der Waals surface area (Å²) in [5, 5.41) is 5.10. The standard InChI is InChI=1S/C18H13F3N4O2/c1-27-11-4-2-10(3-5-11)24-15-9-22-14(8-23-15)18(26)25-13-7-6-12(19)16(20)17(13)21/h2-9H,1H3,(H,23,24)(H,25,26). The van der Waals surface area contributed by atoms with Crippen molar-refractivity contribution in [3.8, 4) is 5.75 Å². The number of amides is 1. The van der Waals surface area contributed by atoms with Crippen LogP contribution in [0.15, 0.2) is 48.8 Å². The van der Waals surface area contributed by atoms with E-state index in [0.717, 1.165) is 11.8 Å². The Bertz CT molecular complexity index is 964. The van der Waals surface area contributed by atoms with Gasteiger partial charge >= 0.3 is 0 Å². The van der Waals surface area contributed by atoms with Crippen LogP contribution in [0.25, 0.3) is 0 Å². The number of rotatable bonds is 5. The van der Waals surface area contributed by atoms with Crippen molar-refractivity contribution in [1.29, 1.82) is 0 Å². The van der Waals surface area contributed by atoms with Crippen LogP contribution in [0.1, 0.15) is 10.5 Å². The molecule has 2 N–H and O–H groups in total. The molecule has 0 spiro atoms. The van der Waals surface area contributed by atoms with E-state index in [2.05, 4.69) is 20.6 Å². The van der Waals surface area contributed by atoms with Gasteiger partial charge in [0.15, 0.2) is 17.5 Å². The smallest absolute Gasteiger partial charge is 0.275 e. The Morgan fingerprint density at radius 3 is 2.33 bits per heavy atom. The summed E-state index contributed by atoms with van der Waals surface area (Å²) in [6.45, 7) is 0. The van der Waals surface area contributed by atoms with Crippen molar-refractivity contribution >= 4 is 23.1 Å². The molecule has 0 saturated heterocycles. The molecule has 0 unspecified atom stereocenters. The minimum atomic E-state index is -1.67. The summed E-state index contributed by atoms with van der Waals surface area (Å²) < 4.78 is 44.8. The highest BCUT2D eigenvalue weighted by atomic mass is 19.2. The van der Waals surface area contributed by atoms with Crippen LogP contribution >= 0.6 is 0 Å². The van der Waals surface area contributed by atoms with Gasteiger partial charge in [-0.1, -0.05) is 0 Å². The molecule has 0 saturated carbocycles. The molecular weight excluding hydrogens is 361 g/mol. The highest BCUT2D eigenvalue weighted by molar-refractivity contribution is 6.02. The van der Waals surface area contributed by atoms with Gasteiger partial charge in [0.1, 0.15) is 17.3 Å². The third-order valence-corrected chi connectivity index (χ3v) is 3.53. The molecule has 2 aromatic carbocycles. The Kier molecular flexibility index (Phi) is 5.20. The van der Waals surface area contributed by atoms with E-state index < -0.39 is 29.0 Å². The van der Waals surface area contributed by atoms with Crippen LogP contribution in [0, 0.1) is 17.5 Å². The van der Waals surface area contributed by atoms with Gasteiger partial charge in [-0.3, -0.25) is 4.79 Å². The monoisotopic (exact) mass is 374 g/mol. The number of halogens is 3. The molecule has 1 amide bonds. The van der Waals surface area contributed by atoms with Crippen LogP contribution in [0.3, 0.4) is 0 Å². The fourth-order valence-electron chi connectivity index (χ4n) is 2.14. The van der Waals surface area contributed by atoms with Gasteiger partial charge in [0.2, 0.25) is 0 Å². The second-order valence-electron chi connectivity index (χ2n) is 5.32. The maximum Gasteiger partial charge on any atom is 0.275 e.